The summed E-state index contributed by atoms with van der Waals surface area (Å²) in [5.41, 5.74) is 0. The predicted octanol–water partition coefficient (Wildman–Crippen LogP) is 22.9. The number of ether oxygens (including phenoxy) is 3. The van der Waals surface area contributed by atoms with Crippen LogP contribution in [0.2, 0.25) is 0 Å². The van der Waals surface area contributed by atoms with Gasteiger partial charge in [0.25, 0.3) is 0 Å². The van der Waals surface area contributed by atoms with Crippen molar-refractivity contribution in [3.63, 3.8) is 0 Å². The summed E-state index contributed by atoms with van der Waals surface area (Å²) in [5.74, 6) is -0.866. The predicted molar refractivity (Wildman–Crippen MR) is 330 cm³/mol. The average molecular weight is 1070 g/mol. The van der Waals surface area contributed by atoms with Crippen LogP contribution >= 0.6 is 0 Å². The highest BCUT2D eigenvalue weighted by Crippen LogP contribution is 2.17. The Balaban J connectivity index is 4.04. The van der Waals surface area contributed by atoms with Gasteiger partial charge in [-0.15, -0.1) is 0 Å². The monoisotopic (exact) mass is 1060 g/mol. The van der Waals surface area contributed by atoms with Crippen LogP contribution in [0.25, 0.3) is 0 Å². The molecular formula is C70H128O6. The standard InChI is InChI=1S/C70H128O6/c1-4-7-10-13-16-18-20-22-24-26-28-30-32-34-35-37-38-40-42-44-46-48-50-52-54-57-60-63-69(72)75-66-67(65-74-68(71)62-59-56-15-12-9-6-3)76-70(73)64-61-58-55-53-51-49-47-45-43-41-39-36-33-31-29-27-25-23-21-19-17-14-11-8-5-2/h21,23,26-29,33,36,67H,4-20,22,24-25,30-32,34-35,37-66H2,1-3H3/b23-21-,28-26-,29-27-,36-33-. The first-order chi connectivity index (χ1) is 37.5. The fraction of sp³-hybridized carbons (Fsp3) is 0.843. The Labute approximate surface area is 473 Å². The zero-order valence-corrected chi connectivity index (χ0v) is 51.0. The summed E-state index contributed by atoms with van der Waals surface area (Å²) in [7, 11) is 0. The summed E-state index contributed by atoms with van der Waals surface area (Å²) in [5, 5.41) is 0. The van der Waals surface area contributed by atoms with Crippen molar-refractivity contribution in [3.8, 4) is 0 Å². The Hall–Kier alpha value is -2.63. The van der Waals surface area contributed by atoms with Gasteiger partial charge >= 0.3 is 17.9 Å². The molecule has 0 aliphatic heterocycles. The third-order valence-electron chi connectivity index (χ3n) is 15.1. The molecule has 0 saturated carbocycles. The lowest BCUT2D eigenvalue weighted by atomic mass is 10.0. The molecule has 1 atom stereocenters. The van der Waals surface area contributed by atoms with Crippen LogP contribution in [-0.2, 0) is 28.6 Å². The van der Waals surface area contributed by atoms with Crippen LogP contribution in [0, 0.1) is 0 Å². The number of esters is 3. The molecule has 0 aromatic heterocycles. The summed E-state index contributed by atoms with van der Waals surface area (Å²) in [6.45, 7) is 6.62. The average Bonchev–Trinajstić information content (AvgIpc) is 3.42. The van der Waals surface area contributed by atoms with E-state index in [1.54, 1.807) is 0 Å². The lowest BCUT2D eigenvalue weighted by molar-refractivity contribution is -0.167. The first-order valence-electron chi connectivity index (χ1n) is 33.6. The van der Waals surface area contributed by atoms with Crippen molar-refractivity contribution in [2.75, 3.05) is 13.2 Å². The van der Waals surface area contributed by atoms with Gasteiger partial charge in [-0.25, -0.2) is 0 Å². The van der Waals surface area contributed by atoms with E-state index in [-0.39, 0.29) is 31.1 Å². The maximum Gasteiger partial charge on any atom is 0.306 e. The molecule has 0 aliphatic rings. The van der Waals surface area contributed by atoms with Crippen molar-refractivity contribution in [1.29, 1.82) is 0 Å². The van der Waals surface area contributed by atoms with Crippen LogP contribution in [0.3, 0.4) is 0 Å². The van der Waals surface area contributed by atoms with E-state index in [9.17, 15) is 14.4 Å². The molecule has 0 rings (SSSR count). The highest BCUT2D eigenvalue weighted by molar-refractivity contribution is 5.71. The zero-order valence-electron chi connectivity index (χ0n) is 51.0. The minimum atomic E-state index is -0.771. The summed E-state index contributed by atoms with van der Waals surface area (Å²) in [4.78, 5) is 38.1. The zero-order chi connectivity index (χ0) is 55.0. The fourth-order valence-electron chi connectivity index (χ4n) is 9.98. The number of unbranched alkanes of at least 4 members (excludes halogenated alkanes) is 43. The Bertz CT molecular complexity index is 1310. The largest absolute Gasteiger partial charge is 0.462 e. The van der Waals surface area contributed by atoms with Crippen molar-refractivity contribution in [3.05, 3.63) is 48.6 Å². The molecule has 0 radical (unpaired) electrons. The van der Waals surface area contributed by atoms with E-state index in [2.05, 4.69) is 69.4 Å². The number of rotatable bonds is 62. The second-order valence-corrected chi connectivity index (χ2v) is 22.7. The maximum atomic E-state index is 12.9. The number of allylic oxidation sites excluding steroid dienone is 8. The topological polar surface area (TPSA) is 78.9 Å². The van der Waals surface area contributed by atoms with Gasteiger partial charge in [0.1, 0.15) is 13.2 Å². The van der Waals surface area contributed by atoms with Gasteiger partial charge < -0.3 is 14.2 Å². The summed E-state index contributed by atoms with van der Waals surface area (Å²) in [6, 6.07) is 0. The molecule has 76 heavy (non-hydrogen) atoms. The Kier molecular flexibility index (Phi) is 62.6. The van der Waals surface area contributed by atoms with E-state index in [1.807, 2.05) is 0 Å². The normalized spacial score (nSPS) is 12.3. The lowest BCUT2D eigenvalue weighted by Gasteiger charge is -2.18. The summed E-state index contributed by atoms with van der Waals surface area (Å²) < 4.78 is 16.8. The van der Waals surface area contributed by atoms with Gasteiger partial charge in [0.05, 0.1) is 0 Å². The third-order valence-corrected chi connectivity index (χ3v) is 15.1. The van der Waals surface area contributed by atoms with Crippen LogP contribution in [0.4, 0.5) is 0 Å². The number of carbonyl (C=O) groups excluding carboxylic acids is 3. The van der Waals surface area contributed by atoms with Gasteiger partial charge in [0, 0.05) is 19.3 Å². The highest BCUT2D eigenvalue weighted by Gasteiger charge is 2.19. The second-order valence-electron chi connectivity index (χ2n) is 22.7. The number of carbonyl (C=O) groups is 3. The van der Waals surface area contributed by atoms with Crippen LogP contribution in [-0.4, -0.2) is 37.2 Å². The highest BCUT2D eigenvalue weighted by atomic mass is 16.6. The molecule has 0 fully saturated rings. The van der Waals surface area contributed by atoms with Crippen molar-refractivity contribution in [2.45, 2.75) is 367 Å². The first-order valence-corrected chi connectivity index (χ1v) is 33.6. The third kappa shape index (κ3) is 62.2. The Morgan fingerprint density at radius 3 is 0.750 bits per heavy atom. The number of hydrogen-bond donors (Lipinski definition) is 0. The number of hydrogen-bond acceptors (Lipinski definition) is 6. The van der Waals surface area contributed by atoms with Crippen molar-refractivity contribution >= 4 is 17.9 Å². The molecule has 444 valence electrons. The van der Waals surface area contributed by atoms with Gasteiger partial charge in [0.15, 0.2) is 6.10 Å². The van der Waals surface area contributed by atoms with Gasteiger partial charge in [-0.2, -0.15) is 0 Å². The van der Waals surface area contributed by atoms with E-state index in [0.29, 0.717) is 19.3 Å². The first kappa shape index (κ1) is 73.4. The van der Waals surface area contributed by atoms with Crippen LogP contribution in [0.15, 0.2) is 48.6 Å². The summed E-state index contributed by atoms with van der Waals surface area (Å²) in [6.07, 6.45) is 81.7. The van der Waals surface area contributed by atoms with Gasteiger partial charge in [-0.05, 0) is 83.5 Å². The Morgan fingerprint density at radius 1 is 0.263 bits per heavy atom. The van der Waals surface area contributed by atoms with Gasteiger partial charge in [-0.1, -0.05) is 307 Å². The van der Waals surface area contributed by atoms with E-state index in [0.717, 1.165) is 70.6 Å². The SMILES string of the molecule is CCCCCCC/C=C\C/C=C\C/C=C\CCCCCCCCCCCCC(=O)OC(COC(=O)CCCCCCCC)COC(=O)CCCCCCCCCCCCCCCCC/C=C\CCCCCCCCCC. The molecule has 0 heterocycles. The molecule has 0 bridgehead atoms. The second kappa shape index (κ2) is 64.9. The molecule has 0 aromatic carbocycles. The quantitative estimate of drug-likeness (QED) is 0.0261. The molecule has 0 amide bonds. The van der Waals surface area contributed by atoms with Gasteiger partial charge in [-0.3, -0.25) is 14.4 Å². The van der Waals surface area contributed by atoms with Gasteiger partial charge in [0.2, 0.25) is 0 Å². The molecule has 0 saturated heterocycles. The van der Waals surface area contributed by atoms with Crippen molar-refractivity contribution in [1.82, 2.24) is 0 Å². The lowest BCUT2D eigenvalue weighted by Crippen LogP contribution is -2.30. The van der Waals surface area contributed by atoms with Crippen molar-refractivity contribution in [2.24, 2.45) is 0 Å². The smallest absolute Gasteiger partial charge is 0.306 e. The van der Waals surface area contributed by atoms with Crippen LogP contribution < -0.4 is 0 Å². The van der Waals surface area contributed by atoms with Crippen LogP contribution in [0.5, 0.6) is 0 Å². The molecule has 1 unspecified atom stereocenters. The molecule has 0 aromatic rings. The molecule has 0 aliphatic carbocycles. The van der Waals surface area contributed by atoms with Crippen LogP contribution in [0.1, 0.15) is 361 Å². The Morgan fingerprint density at radius 2 is 0.474 bits per heavy atom. The minimum absolute atomic E-state index is 0.0713. The molecule has 0 N–H and O–H groups in total. The van der Waals surface area contributed by atoms with E-state index < -0.39 is 6.10 Å². The van der Waals surface area contributed by atoms with E-state index in [1.165, 1.54) is 250 Å². The maximum absolute atomic E-state index is 12.9. The van der Waals surface area contributed by atoms with E-state index >= 15 is 0 Å². The molecule has 6 heteroatoms. The van der Waals surface area contributed by atoms with E-state index in [4.69, 9.17) is 14.2 Å². The summed E-state index contributed by atoms with van der Waals surface area (Å²) >= 11 is 0. The molecule has 0 spiro atoms. The molecule has 6 nitrogen and oxygen atoms in total. The fourth-order valence-corrected chi connectivity index (χ4v) is 9.98. The van der Waals surface area contributed by atoms with Crippen molar-refractivity contribution < 1.29 is 28.6 Å². The molecular weight excluding hydrogens is 937 g/mol. The minimum Gasteiger partial charge on any atom is -0.462 e.